The summed E-state index contributed by atoms with van der Waals surface area (Å²) in [4.78, 5) is 17.5. The molecule has 30 heavy (non-hydrogen) atoms. The van der Waals surface area contributed by atoms with Gasteiger partial charge in [0.05, 0.1) is 17.5 Å². The van der Waals surface area contributed by atoms with E-state index in [4.69, 9.17) is 4.74 Å². The van der Waals surface area contributed by atoms with Gasteiger partial charge in [0, 0.05) is 36.5 Å². The van der Waals surface area contributed by atoms with Crippen LogP contribution in [0.25, 0.3) is 17.0 Å². The Kier molecular flexibility index (Phi) is 6.35. The molecule has 1 aliphatic rings. The lowest BCUT2D eigenvalue weighted by molar-refractivity contribution is -0.116. The van der Waals surface area contributed by atoms with E-state index >= 15 is 0 Å². The summed E-state index contributed by atoms with van der Waals surface area (Å²) in [5.41, 5.74) is 3.18. The molecule has 0 saturated heterocycles. The quantitative estimate of drug-likeness (QED) is 0.424. The van der Waals surface area contributed by atoms with Crippen LogP contribution in [0, 0.1) is 0 Å². The van der Waals surface area contributed by atoms with Crippen molar-refractivity contribution in [3.63, 3.8) is 0 Å². The molecule has 3 aromatic rings. The van der Waals surface area contributed by atoms with Gasteiger partial charge in [-0.1, -0.05) is 36.4 Å². The van der Waals surface area contributed by atoms with E-state index < -0.39 is 0 Å². The largest absolute Gasteiger partial charge is 0.496 e. The first-order chi connectivity index (χ1) is 14.7. The lowest BCUT2D eigenvalue weighted by atomic mass is 10.1. The molecule has 2 unspecified atom stereocenters. The molecule has 2 aromatic carbocycles. The molecule has 1 amide bonds. The summed E-state index contributed by atoms with van der Waals surface area (Å²) >= 11 is 1.52. The lowest BCUT2D eigenvalue weighted by Gasteiger charge is -2.09. The number of hydrogen-bond donors (Lipinski definition) is 2. The number of fused-ring (bicyclic) bond motifs is 1. The van der Waals surface area contributed by atoms with Crippen LogP contribution >= 0.6 is 11.8 Å². The van der Waals surface area contributed by atoms with Crippen LogP contribution in [-0.2, 0) is 4.79 Å². The topological polar surface area (TPSA) is 63.2 Å². The number of pyridine rings is 1. The number of nitrogens with one attached hydrogen (secondary N) is 2. The molecule has 1 aromatic heterocycles. The van der Waals surface area contributed by atoms with Crippen LogP contribution in [0.1, 0.15) is 23.5 Å². The van der Waals surface area contributed by atoms with E-state index in [1.165, 1.54) is 17.3 Å². The molecule has 1 saturated carbocycles. The van der Waals surface area contributed by atoms with E-state index in [0.717, 1.165) is 28.6 Å². The molecule has 1 aliphatic carbocycles. The molecule has 2 N–H and O–H groups in total. The Morgan fingerprint density at radius 2 is 2.07 bits per heavy atom. The Morgan fingerprint density at radius 3 is 2.83 bits per heavy atom. The Labute approximate surface area is 180 Å². The summed E-state index contributed by atoms with van der Waals surface area (Å²) in [6, 6.07) is 18.8. The zero-order chi connectivity index (χ0) is 20.9. The van der Waals surface area contributed by atoms with Crippen molar-refractivity contribution in [2.45, 2.75) is 18.4 Å². The van der Waals surface area contributed by atoms with Crippen molar-refractivity contribution in [3.05, 3.63) is 76.8 Å². The summed E-state index contributed by atoms with van der Waals surface area (Å²) in [6.45, 7) is 0. The summed E-state index contributed by atoms with van der Waals surface area (Å²) in [6.07, 6.45) is 4.79. The van der Waals surface area contributed by atoms with Crippen LogP contribution in [0.3, 0.4) is 0 Å². The fraction of sp³-hybridized carbons (Fsp3) is 0.250. The van der Waals surface area contributed by atoms with Gasteiger partial charge in [0.25, 0.3) is 5.91 Å². The summed E-state index contributed by atoms with van der Waals surface area (Å²) in [5, 5.41) is 7.23. The van der Waals surface area contributed by atoms with Gasteiger partial charge < -0.3 is 15.4 Å². The maximum atomic E-state index is 12.4. The van der Waals surface area contributed by atoms with Crippen molar-refractivity contribution >= 4 is 34.6 Å². The number of ether oxygens (including phenoxy) is 1. The fourth-order valence-corrected chi connectivity index (χ4v) is 4.47. The first-order valence-electron chi connectivity index (χ1n) is 9.97. The summed E-state index contributed by atoms with van der Waals surface area (Å²) in [5.74, 6) is 1.94. The minimum Gasteiger partial charge on any atom is -0.496 e. The van der Waals surface area contributed by atoms with Crippen molar-refractivity contribution < 1.29 is 9.53 Å². The van der Waals surface area contributed by atoms with Gasteiger partial charge in [-0.05, 0) is 41.8 Å². The molecule has 6 heteroatoms. The van der Waals surface area contributed by atoms with Crippen molar-refractivity contribution in [3.8, 4) is 5.75 Å². The third kappa shape index (κ3) is 4.66. The number of carbonyl (C=O) groups is 1. The van der Waals surface area contributed by atoms with Crippen LogP contribution < -0.4 is 15.4 Å². The number of rotatable bonds is 8. The van der Waals surface area contributed by atoms with E-state index in [9.17, 15) is 4.79 Å². The average Bonchev–Trinajstić information content (AvgIpc) is 3.57. The van der Waals surface area contributed by atoms with Crippen molar-refractivity contribution in [2.75, 3.05) is 20.0 Å². The maximum absolute atomic E-state index is 12.4. The number of aromatic nitrogens is 1. The highest BCUT2D eigenvalue weighted by Crippen LogP contribution is 2.41. The minimum absolute atomic E-state index is 0.0875. The second-order valence-electron chi connectivity index (χ2n) is 7.23. The molecule has 1 fully saturated rings. The van der Waals surface area contributed by atoms with Gasteiger partial charge in [-0.3, -0.25) is 9.78 Å². The van der Waals surface area contributed by atoms with Crippen molar-refractivity contribution in [1.82, 2.24) is 15.6 Å². The van der Waals surface area contributed by atoms with Crippen LogP contribution in [0.2, 0.25) is 0 Å². The number of amides is 1. The van der Waals surface area contributed by atoms with Gasteiger partial charge in [0.1, 0.15) is 5.75 Å². The molecule has 2 atom stereocenters. The summed E-state index contributed by atoms with van der Waals surface area (Å²) in [7, 11) is 3.30. The summed E-state index contributed by atoms with van der Waals surface area (Å²) < 4.78 is 5.45. The maximum Gasteiger partial charge on any atom is 0.257 e. The minimum atomic E-state index is -0.0875. The Hall–Kier alpha value is -2.83. The number of benzene rings is 2. The highest BCUT2D eigenvalue weighted by molar-refractivity contribution is 8.04. The highest BCUT2D eigenvalue weighted by Gasteiger charge is 2.37. The highest BCUT2D eigenvalue weighted by atomic mass is 32.2. The molecule has 4 rings (SSSR count). The smallest absolute Gasteiger partial charge is 0.257 e. The molecule has 0 spiro atoms. The average molecular weight is 420 g/mol. The zero-order valence-electron chi connectivity index (χ0n) is 17.1. The number of likely N-dealkylation sites (N-methyl/N-ethyl adjacent to an activating group) is 1. The van der Waals surface area contributed by atoms with Crippen LogP contribution in [0.5, 0.6) is 5.75 Å². The Bertz CT molecular complexity index is 1070. The molecule has 0 bridgehead atoms. The van der Waals surface area contributed by atoms with Gasteiger partial charge in [0.2, 0.25) is 0 Å². The number of carbonyl (C=O) groups excluding carboxylic acids is 1. The Balaban J connectivity index is 1.45. The molecule has 0 aliphatic heterocycles. The standard InChI is InChI=1S/C24H25N3O2S/c1-25-24(28)23(30-15-27-21-14-18(21)17-6-4-3-5-7-17)13-16-8-9-20-19(12-16)22(29-2)10-11-26-20/h3-13,18,21,27H,14-15H2,1-2H3,(H,25,28)/b23-13-. The van der Waals surface area contributed by atoms with Crippen LogP contribution in [-0.4, -0.2) is 37.0 Å². The van der Waals surface area contributed by atoms with E-state index in [-0.39, 0.29) is 5.91 Å². The predicted octanol–water partition coefficient (Wildman–Crippen LogP) is 4.17. The second-order valence-corrected chi connectivity index (χ2v) is 8.25. The number of hydrogen-bond acceptors (Lipinski definition) is 5. The Morgan fingerprint density at radius 1 is 1.23 bits per heavy atom. The zero-order valence-corrected chi connectivity index (χ0v) is 17.9. The number of methoxy groups -OCH3 is 1. The normalized spacial score (nSPS) is 18.3. The fourth-order valence-electron chi connectivity index (χ4n) is 3.57. The van der Waals surface area contributed by atoms with Gasteiger partial charge >= 0.3 is 0 Å². The first kappa shape index (κ1) is 20.4. The molecular formula is C24H25N3O2S. The number of nitrogens with zero attached hydrogens (tertiary/aromatic N) is 1. The van der Waals surface area contributed by atoms with Gasteiger partial charge in [-0.25, -0.2) is 0 Å². The van der Waals surface area contributed by atoms with Crippen LogP contribution in [0.4, 0.5) is 0 Å². The van der Waals surface area contributed by atoms with E-state index in [1.807, 2.05) is 36.4 Å². The van der Waals surface area contributed by atoms with Crippen molar-refractivity contribution in [2.24, 2.45) is 0 Å². The van der Waals surface area contributed by atoms with Gasteiger partial charge in [-0.2, -0.15) is 0 Å². The third-order valence-electron chi connectivity index (χ3n) is 5.29. The van der Waals surface area contributed by atoms with Gasteiger partial charge in [0.15, 0.2) is 0 Å². The molecule has 5 nitrogen and oxygen atoms in total. The SMILES string of the molecule is CNC(=O)/C(=C/c1ccc2nccc(OC)c2c1)SCNC1CC1c1ccccc1. The van der Waals surface area contributed by atoms with Crippen molar-refractivity contribution in [1.29, 1.82) is 0 Å². The predicted molar refractivity (Wildman–Crippen MR) is 124 cm³/mol. The van der Waals surface area contributed by atoms with E-state index in [0.29, 0.717) is 22.7 Å². The second kappa shape index (κ2) is 9.32. The number of thioether (sulfide) groups is 1. The molecule has 1 heterocycles. The molecule has 0 radical (unpaired) electrons. The third-order valence-corrected chi connectivity index (χ3v) is 6.21. The van der Waals surface area contributed by atoms with E-state index in [1.54, 1.807) is 20.4 Å². The van der Waals surface area contributed by atoms with E-state index in [2.05, 4.69) is 39.9 Å². The monoisotopic (exact) mass is 419 g/mol. The molecular weight excluding hydrogens is 394 g/mol. The molecule has 154 valence electrons. The van der Waals surface area contributed by atoms with Crippen LogP contribution in [0.15, 0.2) is 65.7 Å². The van der Waals surface area contributed by atoms with Gasteiger partial charge in [-0.15, -0.1) is 11.8 Å². The lowest BCUT2D eigenvalue weighted by Crippen LogP contribution is -2.22. The first-order valence-corrected chi connectivity index (χ1v) is 11.0.